The molecule has 0 aliphatic carbocycles. The zero-order valence-electron chi connectivity index (χ0n) is 24.8. The number of carbonyl (C=O) groups excluding carboxylic acids is 1. The predicted molar refractivity (Wildman–Crippen MR) is 162 cm³/mol. The second kappa shape index (κ2) is 18.0. The number of carbonyl (C=O) groups is 5. The summed E-state index contributed by atoms with van der Waals surface area (Å²) in [4.78, 5) is 55.3. The highest BCUT2D eigenvalue weighted by atomic mass is 16.5. The number of methoxy groups -OCH3 is 1. The number of piperidine rings is 1. The molecule has 0 saturated carbocycles. The Morgan fingerprint density at radius 2 is 1.50 bits per heavy atom. The standard InChI is InChI=1S/C26H32N4O4.2C2H2O4/c1-34-20-7-8-23-22(15-20)21(9-12-27-23)24(32)17-30-13-10-26(18-31,11-14-30)28-16-25(33)29-19-5-3-2-4-6-19;2*3-1(4)2(5)6/h2-9,12,15,24,28,31-32H,10-11,13-14,16-18H2,1H3,(H,29,33);2*(H,3,4)(H,5,6)/t24-;;/m0../s1. The number of fused-ring (bicyclic) bond motifs is 1. The van der Waals surface area contributed by atoms with E-state index in [1.165, 1.54) is 0 Å². The smallest absolute Gasteiger partial charge is 0.414 e. The zero-order chi connectivity index (χ0) is 34.3. The molecule has 0 spiro atoms. The van der Waals surface area contributed by atoms with Gasteiger partial charge in [-0.25, -0.2) is 19.2 Å². The maximum absolute atomic E-state index is 12.3. The van der Waals surface area contributed by atoms with Crippen molar-refractivity contribution in [1.29, 1.82) is 0 Å². The summed E-state index contributed by atoms with van der Waals surface area (Å²) in [6.07, 6.45) is 2.40. The summed E-state index contributed by atoms with van der Waals surface area (Å²) in [7, 11) is 1.62. The van der Waals surface area contributed by atoms with E-state index in [0.717, 1.165) is 27.9 Å². The number of likely N-dealkylation sites (tertiary alicyclic amines) is 1. The molecule has 4 rings (SSSR count). The summed E-state index contributed by atoms with van der Waals surface area (Å²) >= 11 is 0. The van der Waals surface area contributed by atoms with Crippen LogP contribution in [-0.2, 0) is 24.0 Å². The molecule has 16 heteroatoms. The molecule has 1 fully saturated rings. The Balaban J connectivity index is 0.000000522. The third-order valence-corrected chi connectivity index (χ3v) is 6.94. The minimum Gasteiger partial charge on any atom is -0.497 e. The highest BCUT2D eigenvalue weighted by Gasteiger charge is 2.34. The Morgan fingerprint density at radius 3 is 2.02 bits per heavy atom. The van der Waals surface area contributed by atoms with Gasteiger partial charge in [0.25, 0.3) is 0 Å². The van der Waals surface area contributed by atoms with Crippen LogP contribution in [0.1, 0.15) is 24.5 Å². The molecular weight excluding hydrogens is 608 g/mol. The van der Waals surface area contributed by atoms with E-state index in [1.807, 2.05) is 54.6 Å². The number of carboxylic acid groups (broad SMARTS) is 4. The lowest BCUT2D eigenvalue weighted by Gasteiger charge is -2.42. The van der Waals surface area contributed by atoms with E-state index in [4.69, 9.17) is 44.3 Å². The van der Waals surface area contributed by atoms with Crippen molar-refractivity contribution in [2.75, 3.05) is 45.2 Å². The average Bonchev–Trinajstić information content (AvgIpc) is 3.05. The number of hydrogen-bond acceptors (Lipinski definition) is 11. The number of nitrogens with zero attached hydrogens (tertiary/aromatic N) is 2. The molecular formula is C30H36N4O12. The maximum atomic E-state index is 12.3. The van der Waals surface area contributed by atoms with Gasteiger partial charge in [-0.2, -0.15) is 0 Å². The third kappa shape index (κ3) is 11.7. The van der Waals surface area contributed by atoms with Gasteiger partial charge in [0, 0.05) is 42.4 Å². The molecule has 1 aliphatic rings. The fraction of sp³-hybridized carbons (Fsp3) is 0.333. The second-order valence-electron chi connectivity index (χ2n) is 10.0. The van der Waals surface area contributed by atoms with Crippen molar-refractivity contribution in [3.63, 3.8) is 0 Å². The van der Waals surface area contributed by atoms with Gasteiger partial charge in [-0.1, -0.05) is 18.2 Å². The Labute approximate surface area is 262 Å². The van der Waals surface area contributed by atoms with Crippen LogP contribution in [0.3, 0.4) is 0 Å². The number of aromatic nitrogens is 1. The van der Waals surface area contributed by atoms with Crippen molar-refractivity contribution in [2.45, 2.75) is 24.5 Å². The van der Waals surface area contributed by atoms with Crippen LogP contribution in [0.4, 0.5) is 5.69 Å². The summed E-state index contributed by atoms with van der Waals surface area (Å²) in [5, 5.41) is 57.7. The molecule has 2 heterocycles. The number of rotatable bonds is 9. The molecule has 16 nitrogen and oxygen atoms in total. The van der Waals surface area contributed by atoms with Gasteiger partial charge in [0.15, 0.2) is 0 Å². The first-order valence-corrected chi connectivity index (χ1v) is 13.8. The van der Waals surface area contributed by atoms with Crippen LogP contribution < -0.4 is 15.4 Å². The zero-order valence-corrected chi connectivity index (χ0v) is 24.8. The quantitative estimate of drug-likeness (QED) is 0.149. The number of carboxylic acids is 4. The van der Waals surface area contributed by atoms with E-state index in [0.29, 0.717) is 32.5 Å². The molecule has 0 bridgehead atoms. The van der Waals surface area contributed by atoms with Crippen LogP contribution in [0.2, 0.25) is 0 Å². The molecule has 2 aromatic carbocycles. The van der Waals surface area contributed by atoms with E-state index in [9.17, 15) is 15.0 Å². The Morgan fingerprint density at radius 1 is 0.913 bits per heavy atom. The third-order valence-electron chi connectivity index (χ3n) is 6.94. The van der Waals surface area contributed by atoms with Gasteiger partial charge >= 0.3 is 23.9 Å². The van der Waals surface area contributed by atoms with E-state index in [2.05, 4.69) is 20.5 Å². The predicted octanol–water partition coefficient (Wildman–Crippen LogP) is 0.643. The second-order valence-corrected chi connectivity index (χ2v) is 10.0. The summed E-state index contributed by atoms with van der Waals surface area (Å²) < 4.78 is 5.34. The van der Waals surface area contributed by atoms with Crippen LogP contribution in [-0.4, -0.2) is 116 Å². The fourth-order valence-electron chi connectivity index (χ4n) is 4.46. The van der Waals surface area contributed by atoms with Crippen molar-refractivity contribution in [2.24, 2.45) is 0 Å². The van der Waals surface area contributed by atoms with E-state index < -0.39 is 35.5 Å². The van der Waals surface area contributed by atoms with Gasteiger partial charge in [0.1, 0.15) is 5.75 Å². The Bertz CT molecular complexity index is 1450. The molecule has 46 heavy (non-hydrogen) atoms. The number of pyridine rings is 1. The number of amides is 1. The number of para-hydroxylation sites is 1. The van der Waals surface area contributed by atoms with Crippen LogP contribution in [0.5, 0.6) is 5.75 Å². The van der Waals surface area contributed by atoms with Gasteiger partial charge in [-0.3, -0.25) is 9.78 Å². The van der Waals surface area contributed by atoms with Crippen molar-refractivity contribution < 1.29 is 59.3 Å². The molecule has 1 saturated heterocycles. The molecule has 0 radical (unpaired) electrons. The largest absolute Gasteiger partial charge is 0.497 e. The molecule has 3 aromatic rings. The number of aliphatic hydroxyl groups is 2. The van der Waals surface area contributed by atoms with Gasteiger partial charge in [-0.15, -0.1) is 0 Å². The van der Waals surface area contributed by atoms with Crippen LogP contribution in [0.25, 0.3) is 10.9 Å². The van der Waals surface area contributed by atoms with Crippen molar-refractivity contribution >= 4 is 46.4 Å². The van der Waals surface area contributed by atoms with Crippen molar-refractivity contribution in [1.82, 2.24) is 15.2 Å². The number of nitrogens with one attached hydrogen (secondary N) is 2. The van der Waals surface area contributed by atoms with Gasteiger partial charge < -0.3 is 50.9 Å². The molecule has 1 aromatic heterocycles. The van der Waals surface area contributed by atoms with E-state index in [-0.39, 0.29) is 19.1 Å². The average molecular weight is 645 g/mol. The van der Waals surface area contributed by atoms with E-state index >= 15 is 0 Å². The first-order valence-electron chi connectivity index (χ1n) is 13.8. The molecule has 1 atom stereocenters. The first kappa shape index (κ1) is 37.0. The summed E-state index contributed by atoms with van der Waals surface area (Å²) in [6, 6.07) is 16.8. The van der Waals surface area contributed by atoms with Gasteiger partial charge in [-0.05, 0) is 54.8 Å². The minimum absolute atomic E-state index is 0.0448. The monoisotopic (exact) mass is 644 g/mol. The summed E-state index contributed by atoms with van der Waals surface area (Å²) in [6.45, 7) is 1.97. The van der Waals surface area contributed by atoms with Crippen LogP contribution in [0.15, 0.2) is 60.8 Å². The topological polar surface area (TPSA) is 256 Å². The number of aliphatic hydroxyl groups excluding tert-OH is 2. The number of anilines is 1. The summed E-state index contributed by atoms with van der Waals surface area (Å²) in [5.74, 6) is -6.71. The Hall–Kier alpha value is -5.16. The lowest BCUT2D eigenvalue weighted by atomic mass is 9.88. The van der Waals surface area contributed by atoms with Crippen LogP contribution in [0, 0.1) is 0 Å². The fourth-order valence-corrected chi connectivity index (χ4v) is 4.46. The number of β-amino-alcohol motifs (C(OH)–C–C–N with tert-alkyl or cyclic N) is 1. The molecule has 1 amide bonds. The van der Waals surface area contributed by atoms with Crippen molar-refractivity contribution in [3.05, 3.63) is 66.4 Å². The molecule has 8 N–H and O–H groups in total. The number of aliphatic carboxylic acids is 4. The summed E-state index contributed by atoms with van der Waals surface area (Å²) in [5.41, 5.74) is 1.87. The van der Waals surface area contributed by atoms with Gasteiger partial charge in [0.05, 0.1) is 31.9 Å². The number of benzene rings is 2. The molecule has 248 valence electrons. The van der Waals surface area contributed by atoms with Crippen LogP contribution >= 0.6 is 0 Å². The lowest BCUT2D eigenvalue weighted by Crippen LogP contribution is -2.57. The molecule has 1 aliphatic heterocycles. The van der Waals surface area contributed by atoms with Crippen molar-refractivity contribution in [3.8, 4) is 5.75 Å². The van der Waals surface area contributed by atoms with E-state index in [1.54, 1.807) is 13.3 Å². The number of ether oxygens (including phenoxy) is 1. The molecule has 0 unspecified atom stereocenters. The maximum Gasteiger partial charge on any atom is 0.414 e. The number of hydrogen-bond donors (Lipinski definition) is 8. The highest BCUT2D eigenvalue weighted by molar-refractivity contribution is 6.27. The Kier molecular flexibility index (Phi) is 14.5. The highest BCUT2D eigenvalue weighted by Crippen LogP contribution is 2.29. The normalized spacial score (nSPS) is 14.3. The minimum atomic E-state index is -1.82. The van der Waals surface area contributed by atoms with Gasteiger partial charge in [0.2, 0.25) is 5.91 Å². The first-order chi connectivity index (χ1) is 21.8. The SMILES string of the molecule is COc1ccc2nccc([C@@H](O)CN3CCC(CO)(NCC(=O)Nc4ccccc4)CC3)c2c1.O=C(O)C(=O)O.O=C(O)C(=O)O. The lowest BCUT2D eigenvalue weighted by molar-refractivity contribution is -0.159.